The minimum absolute atomic E-state index is 0.0180. The number of ether oxygens (including phenoxy) is 2. The second kappa shape index (κ2) is 8.47. The van der Waals surface area contributed by atoms with E-state index < -0.39 is 59.7 Å². The Morgan fingerprint density at radius 2 is 1.82 bits per heavy atom. The van der Waals surface area contributed by atoms with Crippen molar-refractivity contribution in [1.29, 1.82) is 0 Å². The molecule has 184 valence electrons. The first kappa shape index (κ1) is 24.4. The molecule has 1 aliphatic heterocycles. The number of aryl methyl sites for hydroxylation is 1. The van der Waals surface area contributed by atoms with Gasteiger partial charge in [0, 0.05) is 0 Å². The highest BCUT2D eigenvalue weighted by atomic mass is 16.7. The normalized spacial score (nSPS) is 33.4. The molecule has 0 bridgehead atoms. The molecule has 1 heterocycles. The topological polar surface area (TPSA) is 174 Å². The fourth-order valence-corrected chi connectivity index (χ4v) is 5.20. The van der Waals surface area contributed by atoms with E-state index in [4.69, 9.17) is 9.47 Å². The molecule has 0 amide bonds. The van der Waals surface area contributed by atoms with Gasteiger partial charge in [0.2, 0.25) is 6.29 Å². The van der Waals surface area contributed by atoms with Crippen molar-refractivity contribution in [1.82, 2.24) is 0 Å². The van der Waals surface area contributed by atoms with Gasteiger partial charge in [-0.3, -0.25) is 4.79 Å². The highest BCUT2D eigenvalue weighted by Crippen LogP contribution is 2.45. The Morgan fingerprint density at radius 3 is 2.44 bits per heavy atom. The Labute approximate surface area is 195 Å². The lowest BCUT2D eigenvalue weighted by molar-refractivity contribution is -0.343. The molecule has 1 aliphatic carbocycles. The molecule has 4 rings (SSSR count). The smallest absolute Gasteiger partial charge is 0.335 e. The summed E-state index contributed by atoms with van der Waals surface area (Å²) < 4.78 is 11.5. The number of carbonyl (C=O) groups excluding carboxylic acids is 1. The molecule has 1 saturated carbocycles. The third-order valence-electron chi connectivity index (χ3n) is 7.06. The number of benzene rings is 2. The number of hydrogen-bond acceptors (Lipinski definition) is 9. The van der Waals surface area contributed by atoms with Gasteiger partial charge in [0.1, 0.15) is 35.4 Å². The van der Waals surface area contributed by atoms with Gasteiger partial charge in [-0.1, -0.05) is 13.0 Å². The molecule has 2 aliphatic rings. The number of aliphatic hydroxyl groups is 4. The van der Waals surface area contributed by atoms with Crippen LogP contribution in [0.25, 0.3) is 10.8 Å². The predicted octanol–water partition coefficient (Wildman–Crippen LogP) is 1.10. The maximum absolute atomic E-state index is 12.1. The Hall–Kier alpha value is -2.76. The standard InChI is InChI=1S/C24H28O10/c1-9-6-12-7-13(22(30)31)8-15(17(12)18(27)16(9)11(3)25)33-23-19(28)20(29)24(32)10(2)4-5-14(26)21(24)34-23/h6-8,10,14,19-21,23,26-29,32H,4-5H2,1-3H3,(H,30,31). The Bertz CT molecular complexity index is 1160. The van der Waals surface area contributed by atoms with E-state index in [1.54, 1.807) is 13.8 Å². The predicted molar refractivity (Wildman–Crippen MR) is 118 cm³/mol. The zero-order valence-corrected chi connectivity index (χ0v) is 18.9. The van der Waals surface area contributed by atoms with Crippen molar-refractivity contribution < 1.29 is 49.7 Å². The lowest BCUT2D eigenvalue weighted by Gasteiger charge is -2.54. The van der Waals surface area contributed by atoms with Gasteiger partial charge >= 0.3 is 5.97 Å². The fourth-order valence-electron chi connectivity index (χ4n) is 5.20. The quantitative estimate of drug-likeness (QED) is 0.351. The van der Waals surface area contributed by atoms with Crippen LogP contribution in [0.5, 0.6) is 11.5 Å². The van der Waals surface area contributed by atoms with Crippen molar-refractivity contribution in [3.05, 3.63) is 34.9 Å². The second-order valence-electron chi connectivity index (χ2n) is 9.26. The van der Waals surface area contributed by atoms with Crippen LogP contribution in [-0.4, -0.2) is 78.7 Å². The zero-order valence-electron chi connectivity index (χ0n) is 18.9. The van der Waals surface area contributed by atoms with Gasteiger partial charge in [-0.25, -0.2) is 4.79 Å². The van der Waals surface area contributed by atoms with Crippen molar-refractivity contribution in [2.45, 2.75) is 69.9 Å². The first-order chi connectivity index (χ1) is 15.9. The molecule has 0 radical (unpaired) electrons. The van der Waals surface area contributed by atoms with Gasteiger partial charge in [0.25, 0.3) is 0 Å². The van der Waals surface area contributed by atoms with Gasteiger partial charge in [-0.05, 0) is 55.7 Å². The lowest BCUT2D eigenvalue weighted by Crippen LogP contribution is -2.73. The fraction of sp³-hybridized carbons (Fsp3) is 0.500. The van der Waals surface area contributed by atoms with E-state index in [1.165, 1.54) is 19.1 Å². The van der Waals surface area contributed by atoms with Crippen molar-refractivity contribution >= 4 is 22.5 Å². The monoisotopic (exact) mass is 476 g/mol. The molecule has 34 heavy (non-hydrogen) atoms. The number of rotatable bonds is 4. The number of carbonyl (C=O) groups is 2. The van der Waals surface area contributed by atoms with E-state index in [-0.39, 0.29) is 27.6 Å². The average molecular weight is 476 g/mol. The molecule has 7 atom stereocenters. The Morgan fingerprint density at radius 1 is 1.15 bits per heavy atom. The molecule has 10 nitrogen and oxygen atoms in total. The molecule has 2 aromatic carbocycles. The number of carboxylic acids is 1. The number of hydrogen-bond donors (Lipinski definition) is 6. The minimum Gasteiger partial charge on any atom is -0.506 e. The number of ketones is 1. The number of aromatic hydroxyl groups is 1. The maximum Gasteiger partial charge on any atom is 0.335 e. The molecule has 2 fully saturated rings. The summed E-state index contributed by atoms with van der Waals surface area (Å²) >= 11 is 0. The molecule has 10 heteroatoms. The van der Waals surface area contributed by atoms with Crippen molar-refractivity contribution in [3.63, 3.8) is 0 Å². The molecule has 0 aromatic heterocycles. The van der Waals surface area contributed by atoms with E-state index in [1.807, 2.05) is 0 Å². The molecule has 1 saturated heterocycles. The van der Waals surface area contributed by atoms with Crippen LogP contribution in [0.4, 0.5) is 0 Å². The van der Waals surface area contributed by atoms with E-state index in [0.29, 0.717) is 18.4 Å². The second-order valence-corrected chi connectivity index (χ2v) is 9.26. The minimum atomic E-state index is -1.93. The van der Waals surface area contributed by atoms with Crippen LogP contribution < -0.4 is 4.74 Å². The van der Waals surface area contributed by atoms with Gasteiger partial charge in [-0.2, -0.15) is 0 Å². The molecule has 7 unspecified atom stereocenters. The van der Waals surface area contributed by atoms with Crippen molar-refractivity contribution in [2.24, 2.45) is 5.92 Å². The van der Waals surface area contributed by atoms with E-state index in [9.17, 15) is 40.2 Å². The summed E-state index contributed by atoms with van der Waals surface area (Å²) in [7, 11) is 0. The van der Waals surface area contributed by atoms with Crippen LogP contribution in [0.3, 0.4) is 0 Å². The summed E-state index contributed by atoms with van der Waals surface area (Å²) in [6.45, 7) is 4.55. The zero-order chi connectivity index (χ0) is 25.1. The number of Topliss-reactive ketones (excluding diaryl/α,β-unsaturated/α-hetero) is 1. The number of fused-ring (bicyclic) bond motifs is 2. The first-order valence-corrected chi connectivity index (χ1v) is 11.0. The van der Waals surface area contributed by atoms with Crippen LogP contribution in [-0.2, 0) is 4.74 Å². The van der Waals surface area contributed by atoms with Crippen LogP contribution in [0.2, 0.25) is 0 Å². The first-order valence-electron chi connectivity index (χ1n) is 11.0. The average Bonchev–Trinajstić information content (AvgIpc) is 2.75. The highest BCUT2D eigenvalue weighted by molar-refractivity contribution is 6.08. The third kappa shape index (κ3) is 3.62. The number of carboxylic acid groups (broad SMARTS) is 1. The van der Waals surface area contributed by atoms with Gasteiger partial charge in [0.05, 0.1) is 22.6 Å². The van der Waals surface area contributed by atoms with E-state index in [0.717, 1.165) is 6.07 Å². The number of phenols is 1. The SMILES string of the molecule is CC(=O)c1c(C)cc2cc(C(=O)O)cc(OC3OC4C(O)CCC(C)C4(O)C(O)C3O)c2c1O. The molecule has 2 aromatic rings. The van der Waals surface area contributed by atoms with Gasteiger partial charge in [0.15, 0.2) is 5.78 Å². The maximum atomic E-state index is 12.1. The number of aromatic carboxylic acids is 1. The highest BCUT2D eigenvalue weighted by Gasteiger charge is 2.61. The largest absolute Gasteiger partial charge is 0.506 e. The van der Waals surface area contributed by atoms with Crippen molar-refractivity contribution in [3.8, 4) is 11.5 Å². The van der Waals surface area contributed by atoms with Crippen molar-refractivity contribution in [2.75, 3.05) is 0 Å². The number of aliphatic hydroxyl groups excluding tert-OH is 3. The van der Waals surface area contributed by atoms with Crippen LogP contribution in [0, 0.1) is 12.8 Å². The van der Waals surface area contributed by atoms with Crippen LogP contribution in [0.15, 0.2) is 18.2 Å². The summed E-state index contributed by atoms with van der Waals surface area (Å²) in [5, 5.41) is 63.8. The summed E-state index contributed by atoms with van der Waals surface area (Å²) in [6.07, 6.45) is -6.85. The Balaban J connectivity index is 1.83. The van der Waals surface area contributed by atoms with E-state index in [2.05, 4.69) is 0 Å². The van der Waals surface area contributed by atoms with Crippen LogP contribution in [0.1, 0.15) is 53.0 Å². The van der Waals surface area contributed by atoms with Gasteiger partial charge in [-0.15, -0.1) is 0 Å². The number of phenolic OH excluding ortho intramolecular Hbond substituents is 1. The molecule has 6 N–H and O–H groups in total. The summed E-state index contributed by atoms with van der Waals surface area (Å²) in [6, 6.07) is 3.94. The van der Waals surface area contributed by atoms with Gasteiger partial charge < -0.3 is 40.1 Å². The van der Waals surface area contributed by atoms with Crippen LogP contribution >= 0.6 is 0 Å². The lowest BCUT2D eigenvalue weighted by atomic mass is 9.67. The molecule has 0 spiro atoms. The Kier molecular flexibility index (Phi) is 6.07. The van der Waals surface area contributed by atoms with E-state index >= 15 is 0 Å². The summed E-state index contributed by atoms with van der Waals surface area (Å²) in [5.74, 6) is -2.83. The molecular weight excluding hydrogens is 448 g/mol. The summed E-state index contributed by atoms with van der Waals surface area (Å²) in [5.41, 5.74) is -1.66. The molecular formula is C24H28O10. The summed E-state index contributed by atoms with van der Waals surface area (Å²) in [4.78, 5) is 23.8. The third-order valence-corrected chi connectivity index (χ3v) is 7.06.